The maximum Gasteiger partial charge on any atom is 0.195 e. The average Bonchev–Trinajstić information content (AvgIpc) is 2.46. The first-order chi connectivity index (χ1) is 11.6. The van der Waals surface area contributed by atoms with Crippen LogP contribution in [0.15, 0.2) is 65.0 Å². The highest BCUT2D eigenvalue weighted by Crippen LogP contribution is 2.19. The Kier molecular flexibility index (Phi) is 10.7. The molecule has 1 unspecified atom stereocenters. The maximum atomic E-state index is 12.6. The molecule has 25 heavy (non-hydrogen) atoms. The Balaban J connectivity index is 5.22. The SMILES string of the molecule is C=C=CC(O)(/C=C(\C)CCC=C(C)C)C(=O)/C=C(\C)CCC=C(C)C. The van der Waals surface area contributed by atoms with Crippen LogP contribution in [-0.2, 0) is 4.79 Å². The van der Waals surface area contributed by atoms with Gasteiger partial charge in [0.2, 0.25) is 0 Å². The lowest BCUT2D eigenvalue weighted by Gasteiger charge is -2.18. The third kappa shape index (κ3) is 10.6. The Bertz CT molecular complexity index is 614. The smallest absolute Gasteiger partial charge is 0.195 e. The number of aliphatic hydroxyl groups is 1. The monoisotopic (exact) mass is 342 g/mol. The number of carbonyl (C=O) groups excluding carboxylic acids is 1. The molecule has 0 aliphatic rings. The number of allylic oxidation sites excluding steroid dienone is 6. The molecular weight excluding hydrogens is 308 g/mol. The minimum absolute atomic E-state index is 0.347. The van der Waals surface area contributed by atoms with Crippen LogP contribution in [0.4, 0.5) is 0 Å². The topological polar surface area (TPSA) is 37.3 Å². The third-order valence-corrected chi connectivity index (χ3v) is 3.74. The lowest BCUT2D eigenvalue weighted by atomic mass is 9.92. The van der Waals surface area contributed by atoms with E-state index in [1.165, 1.54) is 23.3 Å². The summed E-state index contributed by atoms with van der Waals surface area (Å²) >= 11 is 0. The Hall–Kier alpha value is -1.89. The summed E-state index contributed by atoms with van der Waals surface area (Å²) in [5.41, 5.74) is 5.34. The van der Waals surface area contributed by atoms with Gasteiger partial charge in [0.25, 0.3) is 0 Å². The Morgan fingerprint density at radius 1 is 0.960 bits per heavy atom. The molecule has 0 rings (SSSR count). The first kappa shape index (κ1) is 23.1. The van der Waals surface area contributed by atoms with E-state index < -0.39 is 5.60 Å². The first-order valence-electron chi connectivity index (χ1n) is 8.86. The predicted molar refractivity (Wildman–Crippen MR) is 109 cm³/mol. The van der Waals surface area contributed by atoms with Gasteiger partial charge in [0.1, 0.15) is 0 Å². The molecule has 0 saturated heterocycles. The fourth-order valence-corrected chi connectivity index (χ4v) is 2.38. The highest BCUT2D eigenvalue weighted by atomic mass is 16.3. The minimum Gasteiger partial charge on any atom is -0.373 e. The van der Waals surface area contributed by atoms with Crippen molar-refractivity contribution >= 4 is 5.78 Å². The van der Waals surface area contributed by atoms with Crippen molar-refractivity contribution in [2.75, 3.05) is 0 Å². The van der Waals surface area contributed by atoms with Gasteiger partial charge in [0.15, 0.2) is 11.4 Å². The van der Waals surface area contributed by atoms with Gasteiger partial charge in [-0.2, -0.15) is 0 Å². The Labute approximate surface area is 154 Å². The molecular formula is C23H34O2. The number of hydrogen-bond donors (Lipinski definition) is 1. The van der Waals surface area contributed by atoms with Crippen molar-refractivity contribution in [3.05, 3.63) is 65.0 Å². The van der Waals surface area contributed by atoms with Crippen LogP contribution in [0.5, 0.6) is 0 Å². The van der Waals surface area contributed by atoms with E-state index in [9.17, 15) is 9.90 Å². The van der Waals surface area contributed by atoms with Crippen LogP contribution in [0.1, 0.15) is 67.2 Å². The van der Waals surface area contributed by atoms with Gasteiger partial charge in [-0.15, -0.1) is 5.73 Å². The lowest BCUT2D eigenvalue weighted by molar-refractivity contribution is -0.124. The molecule has 0 aromatic heterocycles. The molecule has 0 bridgehead atoms. The summed E-state index contributed by atoms with van der Waals surface area (Å²) in [7, 11) is 0. The summed E-state index contributed by atoms with van der Waals surface area (Å²) < 4.78 is 0. The van der Waals surface area contributed by atoms with Crippen LogP contribution >= 0.6 is 0 Å². The van der Waals surface area contributed by atoms with Gasteiger partial charge in [-0.3, -0.25) is 4.79 Å². The van der Waals surface area contributed by atoms with Crippen molar-refractivity contribution in [2.45, 2.75) is 72.8 Å². The van der Waals surface area contributed by atoms with E-state index in [1.807, 2.05) is 13.8 Å². The van der Waals surface area contributed by atoms with Crippen LogP contribution in [0.25, 0.3) is 0 Å². The molecule has 0 amide bonds. The fraction of sp³-hybridized carbons (Fsp3) is 0.478. The second-order valence-electron chi connectivity index (χ2n) is 7.16. The van der Waals surface area contributed by atoms with E-state index >= 15 is 0 Å². The van der Waals surface area contributed by atoms with Gasteiger partial charge >= 0.3 is 0 Å². The van der Waals surface area contributed by atoms with Gasteiger partial charge in [0, 0.05) is 6.08 Å². The van der Waals surface area contributed by atoms with Crippen LogP contribution in [0.2, 0.25) is 0 Å². The van der Waals surface area contributed by atoms with E-state index in [0.717, 1.165) is 36.8 Å². The van der Waals surface area contributed by atoms with E-state index in [4.69, 9.17) is 0 Å². The Morgan fingerprint density at radius 2 is 1.44 bits per heavy atom. The molecule has 0 radical (unpaired) electrons. The van der Waals surface area contributed by atoms with Gasteiger partial charge in [-0.05, 0) is 79.4 Å². The number of hydrogen-bond acceptors (Lipinski definition) is 2. The van der Waals surface area contributed by atoms with Gasteiger partial charge < -0.3 is 5.11 Å². The highest BCUT2D eigenvalue weighted by Gasteiger charge is 2.29. The zero-order valence-electron chi connectivity index (χ0n) is 16.8. The summed E-state index contributed by atoms with van der Waals surface area (Å²) in [5.74, 6) is -0.347. The second-order valence-corrected chi connectivity index (χ2v) is 7.16. The summed E-state index contributed by atoms with van der Waals surface area (Å²) in [4.78, 5) is 12.6. The van der Waals surface area contributed by atoms with Crippen molar-refractivity contribution in [3.63, 3.8) is 0 Å². The summed E-state index contributed by atoms with van der Waals surface area (Å²) in [6, 6.07) is 0. The summed E-state index contributed by atoms with van der Waals surface area (Å²) in [6.45, 7) is 15.6. The van der Waals surface area contributed by atoms with Gasteiger partial charge in [-0.1, -0.05) is 41.0 Å². The standard InChI is InChI=1S/C23H34O2/c1-8-15-23(25,17-21(7)14-10-12-19(4)5)22(24)16-20(6)13-9-11-18(2)3/h11-12,15-17,25H,1,9-10,13-14H2,2-7H3/b20-16+,21-17+. The maximum absolute atomic E-state index is 12.6. The number of rotatable bonds is 10. The largest absolute Gasteiger partial charge is 0.373 e. The summed E-state index contributed by atoms with van der Waals surface area (Å²) in [6.07, 6.45) is 12.2. The quantitative estimate of drug-likeness (QED) is 0.300. The molecule has 0 aliphatic carbocycles. The normalized spacial score (nSPS) is 14.2. The molecule has 2 nitrogen and oxygen atoms in total. The third-order valence-electron chi connectivity index (χ3n) is 3.74. The molecule has 0 heterocycles. The molecule has 1 atom stereocenters. The average molecular weight is 343 g/mol. The summed E-state index contributed by atoms with van der Waals surface area (Å²) in [5, 5.41) is 10.8. The zero-order valence-corrected chi connectivity index (χ0v) is 16.8. The minimum atomic E-state index is -1.67. The van der Waals surface area contributed by atoms with Crippen molar-refractivity contribution in [3.8, 4) is 0 Å². The van der Waals surface area contributed by atoms with Gasteiger partial charge in [0.05, 0.1) is 0 Å². The van der Waals surface area contributed by atoms with Crippen LogP contribution < -0.4 is 0 Å². The first-order valence-corrected chi connectivity index (χ1v) is 8.86. The molecule has 1 N–H and O–H groups in total. The van der Waals surface area contributed by atoms with Crippen molar-refractivity contribution in [2.24, 2.45) is 0 Å². The molecule has 0 aromatic rings. The lowest BCUT2D eigenvalue weighted by Crippen LogP contribution is -2.33. The molecule has 0 fully saturated rings. The van der Waals surface area contributed by atoms with Crippen LogP contribution in [-0.4, -0.2) is 16.5 Å². The van der Waals surface area contributed by atoms with E-state index in [-0.39, 0.29) is 5.78 Å². The zero-order chi connectivity index (χ0) is 19.5. The van der Waals surface area contributed by atoms with Crippen molar-refractivity contribution in [1.29, 1.82) is 0 Å². The molecule has 0 aromatic carbocycles. The molecule has 0 saturated carbocycles. The van der Waals surface area contributed by atoms with E-state index in [2.05, 4.69) is 52.2 Å². The molecule has 0 aliphatic heterocycles. The highest BCUT2D eigenvalue weighted by molar-refractivity contribution is 6.00. The second kappa shape index (κ2) is 11.6. The van der Waals surface area contributed by atoms with Crippen LogP contribution in [0.3, 0.4) is 0 Å². The van der Waals surface area contributed by atoms with Gasteiger partial charge in [-0.25, -0.2) is 0 Å². The van der Waals surface area contributed by atoms with Crippen LogP contribution in [0, 0.1) is 0 Å². The number of ketones is 1. The molecule has 138 valence electrons. The molecule has 2 heteroatoms. The van der Waals surface area contributed by atoms with E-state index in [0.29, 0.717) is 0 Å². The van der Waals surface area contributed by atoms with E-state index in [1.54, 1.807) is 6.08 Å². The van der Waals surface area contributed by atoms with Crippen molar-refractivity contribution < 1.29 is 9.90 Å². The predicted octanol–water partition coefficient (Wildman–Crippen LogP) is 6.01. The molecule has 0 spiro atoms. The number of carbonyl (C=O) groups is 1. The fourth-order valence-electron chi connectivity index (χ4n) is 2.38. The van der Waals surface area contributed by atoms with Crippen molar-refractivity contribution in [1.82, 2.24) is 0 Å². The Morgan fingerprint density at radius 3 is 1.88 bits per heavy atom.